The Hall–Kier alpha value is -0.930. The average molecular weight is 261 g/mol. The summed E-state index contributed by atoms with van der Waals surface area (Å²) < 4.78 is 0. The van der Waals surface area contributed by atoms with Crippen LogP contribution in [0.25, 0.3) is 0 Å². The maximum atomic E-state index is 4.56. The van der Waals surface area contributed by atoms with Crippen LogP contribution in [0.2, 0.25) is 0 Å². The molecular formula is C16H27N3. The van der Waals surface area contributed by atoms with Crippen molar-refractivity contribution in [2.45, 2.75) is 39.8 Å². The van der Waals surface area contributed by atoms with Crippen molar-refractivity contribution in [1.82, 2.24) is 15.2 Å². The van der Waals surface area contributed by atoms with Gasteiger partial charge >= 0.3 is 0 Å². The van der Waals surface area contributed by atoms with Gasteiger partial charge in [0.1, 0.15) is 0 Å². The van der Waals surface area contributed by atoms with E-state index in [2.05, 4.69) is 48.2 Å². The number of nitrogens with zero attached hydrogens (tertiary/aromatic N) is 2. The molecule has 106 valence electrons. The van der Waals surface area contributed by atoms with Crippen LogP contribution in [-0.2, 0) is 13.1 Å². The highest BCUT2D eigenvalue weighted by Crippen LogP contribution is 2.29. The van der Waals surface area contributed by atoms with E-state index in [1.807, 2.05) is 6.20 Å². The van der Waals surface area contributed by atoms with Crippen LogP contribution in [0.15, 0.2) is 18.3 Å². The molecule has 0 radical (unpaired) electrons. The summed E-state index contributed by atoms with van der Waals surface area (Å²) in [5, 5.41) is 3.45. The minimum Gasteiger partial charge on any atom is -0.312 e. The quantitative estimate of drug-likeness (QED) is 0.780. The van der Waals surface area contributed by atoms with Crippen LogP contribution in [0, 0.1) is 11.8 Å². The molecule has 0 amide bonds. The molecule has 2 rings (SSSR count). The summed E-state index contributed by atoms with van der Waals surface area (Å²) >= 11 is 0. The summed E-state index contributed by atoms with van der Waals surface area (Å²) in [6.07, 6.45) is 4.84. The lowest BCUT2D eigenvalue weighted by Gasteiger charge is -2.15. The predicted molar refractivity (Wildman–Crippen MR) is 79.8 cm³/mol. The predicted octanol–water partition coefficient (Wildman–Crippen LogP) is 2.67. The van der Waals surface area contributed by atoms with Gasteiger partial charge in [0.2, 0.25) is 0 Å². The Kier molecular flexibility index (Phi) is 5.34. The number of pyridine rings is 1. The molecule has 0 unspecified atom stereocenters. The maximum absolute atomic E-state index is 4.56. The van der Waals surface area contributed by atoms with E-state index in [0.717, 1.165) is 25.6 Å². The Morgan fingerprint density at radius 1 is 1.37 bits per heavy atom. The van der Waals surface area contributed by atoms with E-state index in [4.69, 9.17) is 0 Å². The van der Waals surface area contributed by atoms with Crippen LogP contribution in [0.3, 0.4) is 0 Å². The third-order valence-corrected chi connectivity index (χ3v) is 3.47. The van der Waals surface area contributed by atoms with Gasteiger partial charge < -0.3 is 10.2 Å². The lowest BCUT2D eigenvalue weighted by molar-refractivity contribution is 0.309. The molecule has 0 bridgehead atoms. The van der Waals surface area contributed by atoms with Gasteiger partial charge in [-0.05, 0) is 49.9 Å². The smallest absolute Gasteiger partial charge is 0.0544 e. The molecule has 1 heterocycles. The zero-order valence-corrected chi connectivity index (χ0v) is 12.5. The van der Waals surface area contributed by atoms with Crippen LogP contribution < -0.4 is 5.32 Å². The van der Waals surface area contributed by atoms with Crippen LogP contribution in [-0.4, -0.2) is 30.0 Å². The fraction of sp³-hybridized carbons (Fsp3) is 0.688. The van der Waals surface area contributed by atoms with Crippen LogP contribution in [0.4, 0.5) is 0 Å². The molecule has 1 aliphatic carbocycles. The average Bonchev–Trinajstić information content (AvgIpc) is 3.14. The Labute approximate surface area is 117 Å². The second-order valence-electron chi connectivity index (χ2n) is 6.32. The number of aromatic nitrogens is 1. The lowest BCUT2D eigenvalue weighted by atomic mass is 10.2. The Morgan fingerprint density at radius 3 is 2.74 bits per heavy atom. The van der Waals surface area contributed by atoms with Crippen LogP contribution in [0.5, 0.6) is 0 Å². The third kappa shape index (κ3) is 5.70. The van der Waals surface area contributed by atoms with E-state index >= 15 is 0 Å². The van der Waals surface area contributed by atoms with Gasteiger partial charge in [0.05, 0.1) is 5.69 Å². The first-order valence-corrected chi connectivity index (χ1v) is 7.46. The standard InChI is InChI=1S/C16H27N3/c1-13(2)8-17-9-15-6-7-16(18-10-15)12-19(3)11-14-4-5-14/h6-7,10,13-14,17H,4-5,8-9,11-12H2,1-3H3. The lowest BCUT2D eigenvalue weighted by Crippen LogP contribution is -2.21. The molecule has 1 N–H and O–H groups in total. The Morgan fingerprint density at radius 2 is 2.16 bits per heavy atom. The molecule has 3 heteroatoms. The first-order chi connectivity index (χ1) is 9.13. The molecule has 0 aromatic carbocycles. The van der Waals surface area contributed by atoms with Crippen molar-refractivity contribution in [3.8, 4) is 0 Å². The molecule has 1 aromatic rings. The van der Waals surface area contributed by atoms with E-state index in [-0.39, 0.29) is 0 Å². The third-order valence-electron chi connectivity index (χ3n) is 3.47. The molecule has 0 spiro atoms. The number of hydrogen-bond donors (Lipinski definition) is 1. The number of rotatable bonds is 8. The zero-order chi connectivity index (χ0) is 13.7. The highest BCUT2D eigenvalue weighted by Gasteiger charge is 2.22. The zero-order valence-electron chi connectivity index (χ0n) is 12.5. The maximum Gasteiger partial charge on any atom is 0.0544 e. The minimum atomic E-state index is 0.698. The van der Waals surface area contributed by atoms with Crippen molar-refractivity contribution in [3.63, 3.8) is 0 Å². The van der Waals surface area contributed by atoms with Gasteiger partial charge in [0.25, 0.3) is 0 Å². The Balaban J connectivity index is 1.73. The summed E-state index contributed by atoms with van der Waals surface area (Å²) in [7, 11) is 2.19. The van der Waals surface area contributed by atoms with Crippen molar-refractivity contribution >= 4 is 0 Å². The van der Waals surface area contributed by atoms with Crippen LogP contribution in [0.1, 0.15) is 37.9 Å². The van der Waals surface area contributed by atoms with Gasteiger partial charge in [-0.3, -0.25) is 4.98 Å². The number of nitrogens with one attached hydrogen (secondary N) is 1. The van der Waals surface area contributed by atoms with E-state index < -0.39 is 0 Å². The van der Waals surface area contributed by atoms with Gasteiger partial charge in [-0.25, -0.2) is 0 Å². The molecule has 0 saturated heterocycles. The van der Waals surface area contributed by atoms with Gasteiger partial charge in [-0.2, -0.15) is 0 Å². The summed E-state index contributed by atoms with van der Waals surface area (Å²) in [5.74, 6) is 1.65. The first-order valence-electron chi connectivity index (χ1n) is 7.46. The highest BCUT2D eigenvalue weighted by atomic mass is 15.1. The molecule has 1 aromatic heterocycles. The molecule has 1 fully saturated rings. The van der Waals surface area contributed by atoms with E-state index in [0.29, 0.717) is 5.92 Å². The molecule has 0 atom stereocenters. The first kappa shape index (κ1) is 14.5. The fourth-order valence-electron chi connectivity index (χ4n) is 2.24. The van der Waals surface area contributed by atoms with E-state index in [1.54, 1.807) is 0 Å². The molecule has 1 saturated carbocycles. The van der Waals surface area contributed by atoms with E-state index in [9.17, 15) is 0 Å². The summed E-state index contributed by atoms with van der Waals surface area (Å²) in [6, 6.07) is 4.36. The summed E-state index contributed by atoms with van der Waals surface area (Å²) in [4.78, 5) is 6.95. The number of hydrogen-bond acceptors (Lipinski definition) is 3. The summed E-state index contributed by atoms with van der Waals surface area (Å²) in [6.45, 7) is 8.62. The van der Waals surface area contributed by atoms with Crippen molar-refractivity contribution in [3.05, 3.63) is 29.6 Å². The minimum absolute atomic E-state index is 0.698. The fourth-order valence-corrected chi connectivity index (χ4v) is 2.24. The Bertz CT molecular complexity index is 368. The van der Waals surface area contributed by atoms with Gasteiger partial charge in [0, 0.05) is 25.8 Å². The monoisotopic (exact) mass is 261 g/mol. The van der Waals surface area contributed by atoms with Gasteiger partial charge in [0.15, 0.2) is 0 Å². The molecule has 1 aliphatic rings. The topological polar surface area (TPSA) is 28.2 Å². The molecule has 19 heavy (non-hydrogen) atoms. The van der Waals surface area contributed by atoms with Crippen LogP contribution >= 0.6 is 0 Å². The second-order valence-corrected chi connectivity index (χ2v) is 6.32. The molecule has 0 aliphatic heterocycles. The normalized spacial score (nSPS) is 15.4. The molecular weight excluding hydrogens is 234 g/mol. The highest BCUT2D eigenvalue weighted by molar-refractivity contribution is 5.14. The van der Waals surface area contributed by atoms with Crippen molar-refractivity contribution < 1.29 is 0 Å². The van der Waals surface area contributed by atoms with Crippen molar-refractivity contribution in [1.29, 1.82) is 0 Å². The van der Waals surface area contributed by atoms with Gasteiger partial charge in [-0.1, -0.05) is 19.9 Å². The van der Waals surface area contributed by atoms with Crippen molar-refractivity contribution in [2.75, 3.05) is 20.1 Å². The van der Waals surface area contributed by atoms with Crippen molar-refractivity contribution in [2.24, 2.45) is 11.8 Å². The SMILES string of the molecule is CC(C)CNCc1ccc(CN(C)CC2CC2)nc1. The van der Waals surface area contributed by atoms with Gasteiger partial charge in [-0.15, -0.1) is 0 Å². The van der Waals surface area contributed by atoms with E-state index in [1.165, 1.54) is 30.6 Å². The second kappa shape index (κ2) is 7.01. The summed E-state index contributed by atoms with van der Waals surface area (Å²) in [5.41, 5.74) is 2.45. The largest absolute Gasteiger partial charge is 0.312 e. The molecule has 3 nitrogen and oxygen atoms in total.